The molecule has 6 nitrogen and oxygen atoms in total. The SMILES string of the molecule is CCCc1cc(-c2nc(C3CCOC3)no2)no1. The summed E-state index contributed by atoms with van der Waals surface area (Å²) in [5.74, 6) is 2.20. The fraction of sp³-hybridized carbons (Fsp3) is 0.583. The normalized spacial score (nSPS) is 19.5. The minimum Gasteiger partial charge on any atom is -0.381 e. The van der Waals surface area contributed by atoms with Gasteiger partial charge in [0, 0.05) is 25.0 Å². The Balaban J connectivity index is 1.78. The van der Waals surface area contributed by atoms with Crippen LogP contribution in [0.1, 0.15) is 37.3 Å². The predicted octanol–water partition coefficient (Wildman–Crippen LogP) is 2.18. The van der Waals surface area contributed by atoms with Crippen LogP contribution in [0.2, 0.25) is 0 Å². The summed E-state index contributed by atoms with van der Waals surface area (Å²) in [5.41, 5.74) is 0.608. The summed E-state index contributed by atoms with van der Waals surface area (Å²) in [6.07, 6.45) is 2.83. The second-order valence-corrected chi connectivity index (χ2v) is 4.45. The van der Waals surface area contributed by atoms with Crippen LogP contribution in [-0.2, 0) is 11.2 Å². The Labute approximate surface area is 104 Å². The smallest absolute Gasteiger partial charge is 0.280 e. The zero-order chi connectivity index (χ0) is 12.4. The van der Waals surface area contributed by atoms with Crippen LogP contribution in [0.3, 0.4) is 0 Å². The number of ether oxygens (including phenoxy) is 1. The lowest BCUT2D eigenvalue weighted by Gasteiger charge is -1.97. The van der Waals surface area contributed by atoms with Crippen LogP contribution in [0.15, 0.2) is 15.1 Å². The van der Waals surface area contributed by atoms with Gasteiger partial charge >= 0.3 is 0 Å². The van der Waals surface area contributed by atoms with Gasteiger partial charge in [-0.3, -0.25) is 0 Å². The highest BCUT2D eigenvalue weighted by Gasteiger charge is 2.24. The zero-order valence-electron chi connectivity index (χ0n) is 10.3. The largest absolute Gasteiger partial charge is 0.381 e. The van der Waals surface area contributed by atoms with Gasteiger partial charge in [-0.15, -0.1) is 0 Å². The molecule has 6 heteroatoms. The molecule has 18 heavy (non-hydrogen) atoms. The van der Waals surface area contributed by atoms with Gasteiger partial charge in [0.1, 0.15) is 5.76 Å². The third kappa shape index (κ3) is 2.15. The average Bonchev–Trinajstić information content (AvgIpc) is 3.10. The number of hydrogen-bond acceptors (Lipinski definition) is 6. The molecule has 96 valence electrons. The van der Waals surface area contributed by atoms with E-state index in [0.29, 0.717) is 24.0 Å². The number of nitrogens with zero attached hydrogens (tertiary/aromatic N) is 3. The second-order valence-electron chi connectivity index (χ2n) is 4.45. The van der Waals surface area contributed by atoms with E-state index in [1.54, 1.807) is 0 Å². The second kappa shape index (κ2) is 4.89. The van der Waals surface area contributed by atoms with Gasteiger partial charge in [0.2, 0.25) is 0 Å². The summed E-state index contributed by atoms with van der Waals surface area (Å²) in [6, 6.07) is 1.85. The molecule has 1 atom stereocenters. The van der Waals surface area contributed by atoms with E-state index >= 15 is 0 Å². The first-order valence-corrected chi connectivity index (χ1v) is 6.24. The van der Waals surface area contributed by atoms with Crippen LogP contribution in [-0.4, -0.2) is 28.5 Å². The van der Waals surface area contributed by atoms with Crippen LogP contribution in [0.5, 0.6) is 0 Å². The molecule has 3 heterocycles. The minimum absolute atomic E-state index is 0.240. The quantitative estimate of drug-likeness (QED) is 0.826. The van der Waals surface area contributed by atoms with E-state index in [1.807, 2.05) is 6.07 Å². The van der Waals surface area contributed by atoms with Crippen LogP contribution in [0, 0.1) is 0 Å². The van der Waals surface area contributed by atoms with E-state index in [-0.39, 0.29) is 5.92 Å². The van der Waals surface area contributed by atoms with Gasteiger partial charge in [-0.05, 0) is 12.8 Å². The summed E-state index contributed by atoms with van der Waals surface area (Å²) >= 11 is 0. The summed E-state index contributed by atoms with van der Waals surface area (Å²) in [7, 11) is 0. The van der Waals surface area contributed by atoms with Crippen molar-refractivity contribution in [2.45, 2.75) is 32.1 Å². The lowest BCUT2D eigenvalue weighted by molar-refractivity contribution is 0.192. The Morgan fingerprint density at radius 3 is 3.06 bits per heavy atom. The molecule has 0 amide bonds. The molecular formula is C12H15N3O3. The zero-order valence-corrected chi connectivity index (χ0v) is 10.3. The van der Waals surface area contributed by atoms with Gasteiger partial charge in [0.05, 0.1) is 6.61 Å². The van der Waals surface area contributed by atoms with Crippen molar-refractivity contribution in [2.24, 2.45) is 0 Å². The van der Waals surface area contributed by atoms with Crippen LogP contribution >= 0.6 is 0 Å². The lowest BCUT2D eigenvalue weighted by atomic mass is 10.1. The Morgan fingerprint density at radius 1 is 1.33 bits per heavy atom. The topological polar surface area (TPSA) is 74.2 Å². The van der Waals surface area contributed by atoms with Gasteiger partial charge in [0.15, 0.2) is 11.5 Å². The summed E-state index contributed by atoms with van der Waals surface area (Å²) < 4.78 is 15.7. The average molecular weight is 249 g/mol. The number of aryl methyl sites for hydroxylation is 1. The maximum absolute atomic E-state index is 5.31. The van der Waals surface area contributed by atoms with E-state index in [0.717, 1.165) is 31.6 Å². The summed E-state index contributed by atoms with van der Waals surface area (Å²) in [5, 5.41) is 7.92. The standard InChI is InChI=1S/C12H15N3O3/c1-2-3-9-6-10(14-17-9)12-13-11(15-18-12)8-4-5-16-7-8/h6,8H,2-5,7H2,1H3. The number of hydrogen-bond donors (Lipinski definition) is 0. The number of rotatable bonds is 4. The lowest BCUT2D eigenvalue weighted by Crippen LogP contribution is -1.99. The summed E-state index contributed by atoms with van der Waals surface area (Å²) in [4.78, 5) is 4.36. The minimum atomic E-state index is 0.240. The van der Waals surface area contributed by atoms with E-state index in [2.05, 4.69) is 22.2 Å². The molecule has 0 aromatic carbocycles. The molecule has 0 N–H and O–H groups in total. The maximum Gasteiger partial charge on any atom is 0.280 e. The van der Waals surface area contributed by atoms with Gasteiger partial charge in [-0.1, -0.05) is 17.2 Å². The number of aromatic nitrogens is 3. The third-order valence-electron chi connectivity index (χ3n) is 3.01. The van der Waals surface area contributed by atoms with Crippen molar-refractivity contribution in [3.8, 4) is 11.6 Å². The molecule has 2 aromatic heterocycles. The highest BCUT2D eigenvalue weighted by Crippen LogP contribution is 2.25. The Hall–Kier alpha value is -1.69. The molecule has 0 bridgehead atoms. The highest BCUT2D eigenvalue weighted by atomic mass is 16.5. The molecule has 1 aliphatic heterocycles. The van der Waals surface area contributed by atoms with Crippen molar-refractivity contribution in [1.82, 2.24) is 15.3 Å². The third-order valence-corrected chi connectivity index (χ3v) is 3.01. The monoisotopic (exact) mass is 249 g/mol. The fourth-order valence-corrected chi connectivity index (χ4v) is 2.02. The molecular weight excluding hydrogens is 234 g/mol. The highest BCUT2D eigenvalue weighted by molar-refractivity contribution is 5.45. The van der Waals surface area contributed by atoms with E-state index in [1.165, 1.54) is 0 Å². The van der Waals surface area contributed by atoms with E-state index in [4.69, 9.17) is 13.8 Å². The van der Waals surface area contributed by atoms with Crippen molar-refractivity contribution in [1.29, 1.82) is 0 Å². The van der Waals surface area contributed by atoms with Crippen LogP contribution in [0.25, 0.3) is 11.6 Å². The van der Waals surface area contributed by atoms with E-state index < -0.39 is 0 Å². The van der Waals surface area contributed by atoms with Gasteiger partial charge < -0.3 is 13.8 Å². The molecule has 1 aliphatic rings. The Morgan fingerprint density at radius 2 is 2.28 bits per heavy atom. The fourth-order valence-electron chi connectivity index (χ4n) is 2.02. The molecule has 0 aliphatic carbocycles. The Bertz CT molecular complexity index is 514. The van der Waals surface area contributed by atoms with E-state index in [9.17, 15) is 0 Å². The molecule has 2 aromatic rings. The first-order chi connectivity index (χ1) is 8.86. The van der Waals surface area contributed by atoms with Crippen LogP contribution in [0.4, 0.5) is 0 Å². The van der Waals surface area contributed by atoms with Gasteiger partial charge in [-0.2, -0.15) is 4.98 Å². The molecule has 1 unspecified atom stereocenters. The molecule has 1 fully saturated rings. The molecule has 1 saturated heterocycles. The van der Waals surface area contributed by atoms with Crippen molar-refractivity contribution in [3.63, 3.8) is 0 Å². The Kier molecular flexibility index (Phi) is 3.10. The van der Waals surface area contributed by atoms with Crippen LogP contribution < -0.4 is 0 Å². The van der Waals surface area contributed by atoms with Crippen molar-refractivity contribution in [3.05, 3.63) is 17.7 Å². The predicted molar refractivity (Wildman–Crippen MR) is 62.0 cm³/mol. The molecule has 0 radical (unpaired) electrons. The molecule has 0 spiro atoms. The first kappa shape index (κ1) is 11.4. The van der Waals surface area contributed by atoms with Gasteiger partial charge in [-0.25, -0.2) is 0 Å². The molecule has 0 saturated carbocycles. The van der Waals surface area contributed by atoms with Crippen molar-refractivity contribution >= 4 is 0 Å². The molecule has 3 rings (SSSR count). The van der Waals surface area contributed by atoms with Crippen molar-refractivity contribution < 1.29 is 13.8 Å². The van der Waals surface area contributed by atoms with Crippen molar-refractivity contribution in [2.75, 3.05) is 13.2 Å². The maximum atomic E-state index is 5.31. The summed E-state index contributed by atoms with van der Waals surface area (Å²) in [6.45, 7) is 3.52. The first-order valence-electron chi connectivity index (χ1n) is 6.24. The van der Waals surface area contributed by atoms with Gasteiger partial charge in [0.25, 0.3) is 5.89 Å².